The molecule has 0 aliphatic heterocycles. The summed E-state index contributed by atoms with van der Waals surface area (Å²) >= 11 is 0. The van der Waals surface area contributed by atoms with Gasteiger partial charge in [0.2, 0.25) is 16.0 Å². The Kier molecular flexibility index (Phi) is 8.14. The third kappa shape index (κ3) is 6.05. The fourth-order valence-electron chi connectivity index (χ4n) is 6.20. The van der Waals surface area contributed by atoms with Crippen molar-refractivity contribution in [2.45, 2.75) is 75.2 Å². The van der Waals surface area contributed by atoms with Crippen molar-refractivity contribution in [1.82, 2.24) is 24.4 Å². The predicted molar refractivity (Wildman–Crippen MR) is 171 cm³/mol. The summed E-state index contributed by atoms with van der Waals surface area (Å²) in [5.74, 6) is -0.467. The largest absolute Gasteiger partial charge is 0.351 e. The van der Waals surface area contributed by atoms with Crippen molar-refractivity contribution in [2.24, 2.45) is 0 Å². The number of nitrogens with zero attached hydrogens (tertiary/aromatic N) is 5. The van der Waals surface area contributed by atoms with Crippen LogP contribution < -0.4 is 15.6 Å². The van der Waals surface area contributed by atoms with Gasteiger partial charge >= 0.3 is 0 Å². The second kappa shape index (κ2) is 11.9. The van der Waals surface area contributed by atoms with Crippen LogP contribution in [0.4, 0.5) is 16.0 Å². The number of sulfonamides is 1. The Morgan fingerprint density at radius 3 is 2.41 bits per heavy atom. The first kappa shape index (κ1) is 30.1. The van der Waals surface area contributed by atoms with E-state index in [1.165, 1.54) is 12.1 Å². The summed E-state index contributed by atoms with van der Waals surface area (Å²) in [4.78, 5) is 29.7. The Morgan fingerprint density at radius 2 is 1.75 bits per heavy atom. The monoisotopic (exact) mass is 619 g/mol. The lowest BCUT2D eigenvalue weighted by Gasteiger charge is -2.32. The molecule has 0 radical (unpaired) electrons. The summed E-state index contributed by atoms with van der Waals surface area (Å²) < 4.78 is 45.3. The molecule has 2 aromatic heterocycles. The molecule has 10 nitrogen and oxygen atoms in total. The molecule has 6 rings (SSSR count). The van der Waals surface area contributed by atoms with Gasteiger partial charge in [-0.1, -0.05) is 36.4 Å². The number of hydrogen-bond donors (Lipinski definition) is 2. The number of anilines is 2. The highest BCUT2D eigenvalue weighted by Gasteiger charge is 2.48. The van der Waals surface area contributed by atoms with Crippen molar-refractivity contribution < 1.29 is 12.8 Å². The Morgan fingerprint density at radius 1 is 1.02 bits per heavy atom. The minimum atomic E-state index is -3.81. The molecule has 0 bridgehead atoms. The van der Waals surface area contributed by atoms with Crippen LogP contribution in [-0.4, -0.2) is 64.3 Å². The van der Waals surface area contributed by atoms with Crippen molar-refractivity contribution >= 4 is 32.8 Å². The van der Waals surface area contributed by atoms with Crippen molar-refractivity contribution in [1.29, 1.82) is 0 Å². The van der Waals surface area contributed by atoms with Gasteiger partial charge in [-0.3, -0.25) is 14.1 Å². The lowest BCUT2D eigenvalue weighted by atomic mass is 9.91. The van der Waals surface area contributed by atoms with E-state index in [0.717, 1.165) is 37.3 Å². The number of aromatic nitrogens is 4. The first-order chi connectivity index (χ1) is 21.0. The van der Waals surface area contributed by atoms with E-state index in [0.29, 0.717) is 29.6 Å². The topological polar surface area (TPSA) is 122 Å². The number of fused-ring (bicyclic) bond motifs is 1. The van der Waals surface area contributed by atoms with Crippen molar-refractivity contribution in [3.05, 3.63) is 76.5 Å². The maximum atomic E-state index is 15.3. The minimum Gasteiger partial charge on any atom is -0.351 e. The summed E-state index contributed by atoms with van der Waals surface area (Å²) in [6, 6.07) is 14.0. The highest BCUT2D eigenvalue weighted by atomic mass is 32.2. The van der Waals surface area contributed by atoms with E-state index < -0.39 is 26.6 Å². The zero-order valence-corrected chi connectivity index (χ0v) is 26.2. The highest BCUT2D eigenvalue weighted by Crippen LogP contribution is 2.46. The Balaban J connectivity index is 1.24. The quantitative estimate of drug-likeness (QED) is 0.264. The minimum absolute atomic E-state index is 0.0390. The van der Waals surface area contributed by atoms with E-state index in [-0.39, 0.29) is 34.9 Å². The van der Waals surface area contributed by atoms with Crippen LogP contribution in [-0.2, 0) is 10.0 Å². The molecule has 232 valence electrons. The third-order valence-electron chi connectivity index (χ3n) is 8.76. The maximum Gasteiger partial charge on any atom is 0.278 e. The lowest BCUT2D eigenvalue weighted by molar-refractivity contribution is 0.221. The van der Waals surface area contributed by atoms with Gasteiger partial charge < -0.3 is 10.2 Å². The summed E-state index contributed by atoms with van der Waals surface area (Å²) in [6.07, 6.45) is 6.24. The van der Waals surface area contributed by atoms with E-state index in [2.05, 4.69) is 44.0 Å². The van der Waals surface area contributed by atoms with Gasteiger partial charge in [-0.25, -0.2) is 22.8 Å². The van der Waals surface area contributed by atoms with Gasteiger partial charge in [0, 0.05) is 29.6 Å². The standard InChI is InChI=1S/C32H38FN7O3S/c1-19(2)40-30-27(18-34-32(37-30)35-22-11-13-23(14-12-22)39(3)4)36-29(31(40)41)21-10-15-26(25(33)16-21)38-44(42,43)28-17-24(28)20-8-6-5-7-9-20/h5-10,15-16,18-19,22-24,28,38H,11-14,17H2,1-4H3,(H,34,35,37). The molecule has 2 aliphatic rings. The van der Waals surface area contributed by atoms with Crippen LogP contribution >= 0.6 is 0 Å². The average molecular weight is 620 g/mol. The molecule has 2 heterocycles. The molecule has 0 saturated heterocycles. The van der Waals surface area contributed by atoms with E-state index in [1.54, 1.807) is 10.8 Å². The third-order valence-corrected chi connectivity index (χ3v) is 10.6. The first-order valence-corrected chi connectivity index (χ1v) is 16.6. The molecular formula is C32H38FN7O3S. The molecule has 0 amide bonds. The van der Waals surface area contributed by atoms with Crippen LogP contribution in [0.25, 0.3) is 22.4 Å². The summed E-state index contributed by atoms with van der Waals surface area (Å²) in [5, 5.41) is 2.80. The van der Waals surface area contributed by atoms with E-state index >= 15 is 4.39 Å². The van der Waals surface area contributed by atoms with E-state index in [9.17, 15) is 13.2 Å². The van der Waals surface area contributed by atoms with E-state index in [1.807, 2.05) is 44.2 Å². The number of hydrogen-bond acceptors (Lipinski definition) is 8. The number of benzene rings is 2. The van der Waals surface area contributed by atoms with Gasteiger partial charge in [-0.05, 0) is 77.7 Å². The van der Waals surface area contributed by atoms with Crippen molar-refractivity contribution in [2.75, 3.05) is 24.1 Å². The summed E-state index contributed by atoms with van der Waals surface area (Å²) in [6.45, 7) is 3.75. The zero-order chi connectivity index (χ0) is 31.2. The zero-order valence-electron chi connectivity index (χ0n) is 25.4. The Bertz CT molecular complexity index is 1840. The molecule has 4 aromatic rings. The van der Waals surface area contributed by atoms with Crippen molar-refractivity contribution in [3.63, 3.8) is 0 Å². The van der Waals surface area contributed by atoms with Crippen LogP contribution in [0.2, 0.25) is 0 Å². The molecule has 0 spiro atoms. The van der Waals surface area contributed by atoms with Crippen LogP contribution in [0.15, 0.2) is 59.5 Å². The molecule has 2 unspecified atom stereocenters. The second-order valence-corrected chi connectivity index (χ2v) is 14.3. The Hall–Kier alpha value is -3.90. The molecule has 2 aromatic carbocycles. The molecule has 2 atom stereocenters. The molecule has 2 saturated carbocycles. The van der Waals surface area contributed by atoms with Gasteiger partial charge in [0.15, 0.2) is 5.65 Å². The molecule has 2 aliphatic carbocycles. The van der Waals surface area contributed by atoms with Gasteiger partial charge in [0.1, 0.15) is 17.0 Å². The van der Waals surface area contributed by atoms with Gasteiger partial charge in [-0.2, -0.15) is 4.98 Å². The van der Waals surface area contributed by atoms with Crippen LogP contribution in [0.5, 0.6) is 0 Å². The summed E-state index contributed by atoms with van der Waals surface area (Å²) in [7, 11) is 0.407. The molecule has 44 heavy (non-hydrogen) atoms. The van der Waals surface area contributed by atoms with Gasteiger partial charge in [0.05, 0.1) is 17.1 Å². The van der Waals surface area contributed by atoms with Gasteiger partial charge in [-0.15, -0.1) is 0 Å². The van der Waals surface area contributed by atoms with Crippen LogP contribution in [0, 0.1) is 5.82 Å². The average Bonchev–Trinajstić information content (AvgIpc) is 3.81. The number of halogens is 1. The smallest absolute Gasteiger partial charge is 0.278 e. The second-order valence-electron chi connectivity index (χ2n) is 12.4. The maximum absolute atomic E-state index is 15.3. The molecule has 2 N–H and O–H groups in total. The fourth-order valence-corrected chi connectivity index (χ4v) is 7.87. The lowest BCUT2D eigenvalue weighted by Crippen LogP contribution is -2.36. The fraction of sp³-hybridized carbons (Fsp3) is 0.438. The summed E-state index contributed by atoms with van der Waals surface area (Å²) in [5.41, 5.74) is 1.44. The molecule has 12 heteroatoms. The van der Waals surface area contributed by atoms with Gasteiger partial charge in [0.25, 0.3) is 5.56 Å². The molecular weight excluding hydrogens is 581 g/mol. The van der Waals surface area contributed by atoms with Crippen LogP contribution in [0.1, 0.15) is 63.5 Å². The molecule has 2 fully saturated rings. The van der Waals surface area contributed by atoms with E-state index in [4.69, 9.17) is 0 Å². The first-order valence-electron chi connectivity index (χ1n) is 15.1. The number of rotatable bonds is 9. The Labute approximate surface area is 256 Å². The normalized spacial score (nSPS) is 22.0. The number of nitrogens with one attached hydrogen (secondary N) is 2. The highest BCUT2D eigenvalue weighted by molar-refractivity contribution is 7.93. The van der Waals surface area contributed by atoms with Crippen LogP contribution in [0.3, 0.4) is 0 Å². The predicted octanol–water partition coefficient (Wildman–Crippen LogP) is 5.16. The van der Waals surface area contributed by atoms with Crippen molar-refractivity contribution in [3.8, 4) is 11.3 Å². The SMILES string of the molecule is CC(C)n1c(=O)c(-c2ccc(NS(=O)(=O)C3CC3c3ccccc3)c(F)c2)nc2cnc(NC3CCC(N(C)C)CC3)nc21.